The van der Waals surface area contributed by atoms with E-state index in [0.717, 1.165) is 0 Å². The quantitative estimate of drug-likeness (QED) is 0.610. The molecule has 0 bridgehead atoms. The van der Waals surface area contributed by atoms with Crippen LogP contribution in [0.25, 0.3) is 0 Å². The van der Waals surface area contributed by atoms with E-state index in [0.29, 0.717) is 5.56 Å². The standard InChI is InChI=1S/C11H14ClF3N2O3S/c1-7-9(12)4-8(5-10(7)16)21(18,19)17-2-3-20-6-11(13,14)15/h4-5,17H,2-3,6,16H2,1H3. The normalized spacial score (nSPS) is 12.6. The summed E-state index contributed by atoms with van der Waals surface area (Å²) in [6, 6.07) is 2.44. The lowest BCUT2D eigenvalue weighted by molar-refractivity contribution is -0.173. The second kappa shape index (κ2) is 6.82. The fourth-order valence-corrected chi connectivity index (χ4v) is 2.71. The molecule has 0 fully saturated rings. The van der Waals surface area contributed by atoms with E-state index in [-0.39, 0.29) is 22.2 Å². The topological polar surface area (TPSA) is 81.4 Å². The van der Waals surface area contributed by atoms with Crippen LogP contribution in [0.5, 0.6) is 0 Å². The molecular formula is C11H14ClF3N2O3S. The Morgan fingerprint density at radius 2 is 2.00 bits per heavy atom. The zero-order chi connectivity index (χ0) is 16.3. The molecule has 120 valence electrons. The Morgan fingerprint density at radius 3 is 2.52 bits per heavy atom. The van der Waals surface area contributed by atoms with Crippen molar-refractivity contribution in [3.8, 4) is 0 Å². The highest BCUT2D eigenvalue weighted by molar-refractivity contribution is 7.89. The van der Waals surface area contributed by atoms with Gasteiger partial charge in [0.2, 0.25) is 10.0 Å². The minimum atomic E-state index is -4.45. The summed E-state index contributed by atoms with van der Waals surface area (Å²) < 4.78 is 65.7. The molecular weight excluding hydrogens is 333 g/mol. The third-order valence-electron chi connectivity index (χ3n) is 2.47. The highest BCUT2D eigenvalue weighted by Gasteiger charge is 2.27. The van der Waals surface area contributed by atoms with E-state index in [1.807, 2.05) is 0 Å². The molecule has 0 aliphatic heterocycles. The van der Waals surface area contributed by atoms with Crippen molar-refractivity contribution in [2.24, 2.45) is 0 Å². The average Bonchev–Trinajstić information content (AvgIpc) is 2.33. The van der Waals surface area contributed by atoms with Gasteiger partial charge in [-0.25, -0.2) is 13.1 Å². The monoisotopic (exact) mass is 346 g/mol. The van der Waals surface area contributed by atoms with Crippen LogP contribution >= 0.6 is 11.6 Å². The first-order valence-electron chi connectivity index (χ1n) is 5.73. The maximum atomic E-state index is 11.9. The Morgan fingerprint density at radius 1 is 1.38 bits per heavy atom. The van der Waals surface area contributed by atoms with Crippen LogP contribution in [-0.2, 0) is 14.8 Å². The van der Waals surface area contributed by atoms with Crippen molar-refractivity contribution in [2.45, 2.75) is 18.0 Å². The van der Waals surface area contributed by atoms with Gasteiger partial charge in [-0.3, -0.25) is 0 Å². The highest BCUT2D eigenvalue weighted by Crippen LogP contribution is 2.25. The van der Waals surface area contributed by atoms with Crippen molar-refractivity contribution >= 4 is 27.3 Å². The Balaban J connectivity index is 2.62. The first-order valence-corrected chi connectivity index (χ1v) is 7.59. The number of hydrogen-bond donors (Lipinski definition) is 2. The average molecular weight is 347 g/mol. The number of benzene rings is 1. The molecule has 0 aliphatic carbocycles. The van der Waals surface area contributed by atoms with Gasteiger partial charge < -0.3 is 10.5 Å². The number of sulfonamides is 1. The zero-order valence-corrected chi connectivity index (χ0v) is 12.6. The van der Waals surface area contributed by atoms with E-state index in [9.17, 15) is 21.6 Å². The maximum absolute atomic E-state index is 11.9. The SMILES string of the molecule is Cc1c(N)cc(S(=O)(=O)NCCOCC(F)(F)F)cc1Cl. The van der Waals surface area contributed by atoms with Crippen LogP contribution in [0.3, 0.4) is 0 Å². The van der Waals surface area contributed by atoms with Crippen molar-refractivity contribution in [1.82, 2.24) is 4.72 Å². The minimum absolute atomic E-state index is 0.161. The molecule has 0 heterocycles. The van der Waals surface area contributed by atoms with Crippen molar-refractivity contribution < 1.29 is 26.3 Å². The van der Waals surface area contributed by atoms with E-state index in [1.54, 1.807) is 6.92 Å². The van der Waals surface area contributed by atoms with Crippen LogP contribution in [-0.4, -0.2) is 34.4 Å². The summed E-state index contributed by atoms with van der Waals surface area (Å²) in [5, 5.41) is 0.184. The Hall–Kier alpha value is -1.03. The number of nitrogens with one attached hydrogen (secondary N) is 1. The summed E-state index contributed by atoms with van der Waals surface area (Å²) in [6.45, 7) is -0.512. The van der Waals surface area contributed by atoms with Gasteiger partial charge in [0.1, 0.15) is 6.61 Å². The van der Waals surface area contributed by atoms with Gasteiger partial charge in [-0.15, -0.1) is 0 Å². The Kier molecular flexibility index (Phi) is 5.85. The molecule has 21 heavy (non-hydrogen) atoms. The van der Waals surface area contributed by atoms with Crippen LogP contribution < -0.4 is 10.5 Å². The smallest absolute Gasteiger partial charge is 0.398 e. The number of ether oxygens (including phenoxy) is 1. The molecule has 0 spiro atoms. The summed E-state index contributed by atoms with van der Waals surface area (Å²) >= 11 is 5.84. The molecule has 10 heteroatoms. The Bertz CT molecular complexity index is 582. The number of anilines is 1. The summed E-state index contributed by atoms with van der Waals surface area (Å²) in [4.78, 5) is -0.161. The molecule has 1 aromatic carbocycles. The number of nitrogen functional groups attached to an aromatic ring is 1. The second-order valence-corrected chi connectivity index (χ2v) is 6.36. The number of hydrogen-bond acceptors (Lipinski definition) is 4. The lowest BCUT2D eigenvalue weighted by atomic mass is 10.2. The van der Waals surface area contributed by atoms with Crippen LogP contribution in [0, 0.1) is 6.92 Å². The first kappa shape index (κ1) is 18.0. The van der Waals surface area contributed by atoms with Gasteiger partial charge in [0.05, 0.1) is 11.5 Å². The van der Waals surface area contributed by atoms with E-state index in [4.69, 9.17) is 17.3 Å². The van der Waals surface area contributed by atoms with Gasteiger partial charge in [-0.1, -0.05) is 11.6 Å². The second-order valence-electron chi connectivity index (χ2n) is 4.18. The van der Waals surface area contributed by atoms with Gasteiger partial charge in [0.25, 0.3) is 0 Å². The van der Waals surface area contributed by atoms with Crippen LogP contribution in [0.15, 0.2) is 17.0 Å². The zero-order valence-electron chi connectivity index (χ0n) is 11.0. The molecule has 0 aromatic heterocycles. The summed E-state index contributed by atoms with van der Waals surface area (Å²) in [6.07, 6.45) is -4.45. The van der Waals surface area contributed by atoms with Crippen LogP contribution in [0.1, 0.15) is 5.56 Å². The molecule has 1 aromatic rings. The fraction of sp³-hybridized carbons (Fsp3) is 0.455. The third-order valence-corrected chi connectivity index (χ3v) is 4.31. The van der Waals surface area contributed by atoms with Crippen LogP contribution in [0.4, 0.5) is 18.9 Å². The summed E-state index contributed by atoms with van der Waals surface area (Å²) in [7, 11) is -3.91. The molecule has 0 unspecified atom stereocenters. The number of halogens is 4. The fourth-order valence-electron chi connectivity index (χ4n) is 1.35. The molecule has 0 saturated heterocycles. The molecule has 1 rings (SSSR count). The molecule has 3 N–H and O–H groups in total. The van der Waals surface area contributed by atoms with Crippen molar-refractivity contribution in [2.75, 3.05) is 25.5 Å². The largest absolute Gasteiger partial charge is 0.411 e. The molecule has 0 amide bonds. The third kappa shape index (κ3) is 5.70. The van der Waals surface area contributed by atoms with Crippen LogP contribution in [0.2, 0.25) is 5.02 Å². The van der Waals surface area contributed by atoms with E-state index >= 15 is 0 Å². The number of alkyl halides is 3. The lowest BCUT2D eigenvalue weighted by Gasteiger charge is -2.11. The summed E-state index contributed by atoms with van der Waals surface area (Å²) in [5.41, 5.74) is 6.37. The van der Waals surface area contributed by atoms with Gasteiger partial charge in [-0.2, -0.15) is 13.2 Å². The molecule has 0 radical (unpaired) electrons. The van der Waals surface area contributed by atoms with Gasteiger partial charge in [0, 0.05) is 17.3 Å². The number of nitrogens with two attached hydrogens (primary N) is 1. The highest BCUT2D eigenvalue weighted by atomic mass is 35.5. The van der Waals surface area contributed by atoms with Crippen molar-refractivity contribution in [3.63, 3.8) is 0 Å². The number of rotatable bonds is 6. The van der Waals surface area contributed by atoms with Crippen molar-refractivity contribution in [1.29, 1.82) is 0 Å². The summed E-state index contributed by atoms with van der Waals surface area (Å²) in [5.74, 6) is 0. The molecule has 0 atom stereocenters. The van der Waals surface area contributed by atoms with Gasteiger partial charge >= 0.3 is 6.18 Å². The van der Waals surface area contributed by atoms with Crippen molar-refractivity contribution in [3.05, 3.63) is 22.7 Å². The van der Waals surface area contributed by atoms with Gasteiger partial charge in [0.15, 0.2) is 0 Å². The maximum Gasteiger partial charge on any atom is 0.411 e. The van der Waals surface area contributed by atoms with Gasteiger partial charge in [-0.05, 0) is 24.6 Å². The lowest BCUT2D eigenvalue weighted by Crippen LogP contribution is -2.29. The predicted molar refractivity (Wildman–Crippen MR) is 72.7 cm³/mol. The minimum Gasteiger partial charge on any atom is -0.398 e. The molecule has 0 aliphatic rings. The molecule has 0 saturated carbocycles. The first-order chi connectivity index (χ1) is 9.53. The Labute approximate surface area is 125 Å². The predicted octanol–water partition coefficient (Wildman–Crippen LogP) is 2.09. The van der Waals surface area contributed by atoms with E-state index in [1.165, 1.54) is 12.1 Å². The molecule has 5 nitrogen and oxygen atoms in total. The van der Waals surface area contributed by atoms with E-state index < -0.39 is 29.4 Å². The van der Waals surface area contributed by atoms with E-state index in [2.05, 4.69) is 9.46 Å².